The van der Waals surface area contributed by atoms with Crippen molar-refractivity contribution in [2.24, 2.45) is 5.73 Å². The van der Waals surface area contributed by atoms with Crippen LogP contribution in [0.15, 0.2) is 54.6 Å². The Morgan fingerprint density at radius 3 is 2.72 bits per heavy atom. The molecule has 0 aromatic heterocycles. The molecule has 25 heavy (non-hydrogen) atoms. The van der Waals surface area contributed by atoms with Crippen molar-refractivity contribution in [1.82, 2.24) is 4.90 Å². The molecule has 0 aliphatic carbocycles. The zero-order chi connectivity index (χ0) is 17.5. The molecule has 1 heterocycles. The van der Waals surface area contributed by atoms with Crippen LogP contribution in [0.1, 0.15) is 43.2 Å². The second-order valence-corrected chi connectivity index (χ2v) is 6.87. The molecule has 0 radical (unpaired) electrons. The molecule has 2 aromatic rings. The van der Waals surface area contributed by atoms with Gasteiger partial charge in [0.1, 0.15) is 5.75 Å². The van der Waals surface area contributed by atoms with E-state index in [4.69, 9.17) is 10.5 Å². The van der Waals surface area contributed by atoms with E-state index in [1.807, 2.05) is 13.0 Å². The van der Waals surface area contributed by atoms with Crippen LogP contribution in [0.3, 0.4) is 0 Å². The summed E-state index contributed by atoms with van der Waals surface area (Å²) in [5, 5.41) is 0. The molecule has 1 saturated heterocycles. The molecule has 0 saturated carbocycles. The Labute approximate surface area is 151 Å². The Bertz CT molecular complexity index is 643. The molecule has 1 fully saturated rings. The van der Waals surface area contributed by atoms with Gasteiger partial charge in [0.25, 0.3) is 0 Å². The minimum absolute atomic E-state index is 0.351. The Morgan fingerprint density at radius 1 is 1.12 bits per heavy atom. The molecule has 1 aliphatic heterocycles. The number of likely N-dealkylation sites (tertiary alicyclic amines) is 1. The van der Waals surface area contributed by atoms with Gasteiger partial charge in [-0.1, -0.05) is 48.9 Å². The number of rotatable bonds is 7. The summed E-state index contributed by atoms with van der Waals surface area (Å²) in [6.45, 7) is 5.55. The Balaban J connectivity index is 1.80. The predicted octanol–water partition coefficient (Wildman–Crippen LogP) is 4.18. The van der Waals surface area contributed by atoms with Crippen LogP contribution in [0, 0.1) is 0 Å². The smallest absolute Gasteiger partial charge is 0.119 e. The first-order chi connectivity index (χ1) is 12.3. The van der Waals surface area contributed by atoms with Gasteiger partial charge in [0.05, 0.1) is 6.61 Å². The highest BCUT2D eigenvalue weighted by atomic mass is 16.5. The third-order valence-electron chi connectivity index (χ3n) is 5.21. The fraction of sp³-hybridized carbons (Fsp3) is 0.455. The largest absolute Gasteiger partial charge is 0.494 e. The fourth-order valence-corrected chi connectivity index (χ4v) is 4.00. The van der Waals surface area contributed by atoms with E-state index in [0.717, 1.165) is 18.8 Å². The van der Waals surface area contributed by atoms with Gasteiger partial charge in [-0.25, -0.2) is 0 Å². The average Bonchev–Trinajstić information content (AvgIpc) is 2.65. The maximum absolute atomic E-state index is 6.25. The lowest BCUT2D eigenvalue weighted by Gasteiger charge is -2.40. The number of hydrogen-bond donors (Lipinski definition) is 1. The lowest BCUT2D eigenvalue weighted by Crippen LogP contribution is -2.44. The Kier molecular flexibility index (Phi) is 6.48. The van der Waals surface area contributed by atoms with Crippen molar-refractivity contribution < 1.29 is 4.74 Å². The summed E-state index contributed by atoms with van der Waals surface area (Å²) < 4.78 is 5.70. The number of piperidine rings is 1. The molecular formula is C22H30N2O. The second-order valence-electron chi connectivity index (χ2n) is 6.87. The van der Waals surface area contributed by atoms with Gasteiger partial charge >= 0.3 is 0 Å². The normalized spacial score (nSPS) is 19.5. The third kappa shape index (κ3) is 4.62. The minimum atomic E-state index is 0.351. The maximum atomic E-state index is 6.25. The van der Waals surface area contributed by atoms with Crippen LogP contribution in [0.25, 0.3) is 0 Å². The first kappa shape index (κ1) is 18.0. The molecule has 2 N–H and O–H groups in total. The van der Waals surface area contributed by atoms with Gasteiger partial charge in [-0.15, -0.1) is 0 Å². The fourth-order valence-electron chi connectivity index (χ4n) is 4.00. The number of hydrogen-bond acceptors (Lipinski definition) is 3. The van der Waals surface area contributed by atoms with Crippen molar-refractivity contribution in [2.45, 2.75) is 44.7 Å². The summed E-state index contributed by atoms with van der Waals surface area (Å²) in [6.07, 6.45) is 3.78. The van der Waals surface area contributed by atoms with Gasteiger partial charge in [-0.3, -0.25) is 4.90 Å². The summed E-state index contributed by atoms with van der Waals surface area (Å²) in [6, 6.07) is 19.8. The molecule has 3 nitrogen and oxygen atoms in total. The Morgan fingerprint density at radius 2 is 1.96 bits per heavy atom. The van der Waals surface area contributed by atoms with Crippen LogP contribution < -0.4 is 10.5 Å². The molecule has 0 bridgehead atoms. The minimum Gasteiger partial charge on any atom is -0.494 e. The molecule has 3 rings (SSSR count). The molecule has 2 unspecified atom stereocenters. The van der Waals surface area contributed by atoms with Crippen LogP contribution in [0.2, 0.25) is 0 Å². The quantitative estimate of drug-likeness (QED) is 0.823. The van der Waals surface area contributed by atoms with E-state index in [1.165, 1.54) is 30.4 Å². The molecule has 1 aliphatic rings. The lowest BCUT2D eigenvalue weighted by molar-refractivity contribution is 0.119. The van der Waals surface area contributed by atoms with E-state index >= 15 is 0 Å². The van der Waals surface area contributed by atoms with Gasteiger partial charge in [0, 0.05) is 25.0 Å². The number of nitrogens with two attached hydrogens (primary N) is 1. The average molecular weight is 338 g/mol. The monoisotopic (exact) mass is 338 g/mol. The first-order valence-electron chi connectivity index (χ1n) is 9.52. The van der Waals surface area contributed by atoms with Crippen LogP contribution in [-0.4, -0.2) is 30.6 Å². The zero-order valence-electron chi connectivity index (χ0n) is 15.2. The molecular weight excluding hydrogens is 308 g/mol. The van der Waals surface area contributed by atoms with Crippen LogP contribution >= 0.6 is 0 Å². The highest BCUT2D eigenvalue weighted by molar-refractivity contribution is 5.32. The van der Waals surface area contributed by atoms with E-state index in [2.05, 4.69) is 53.4 Å². The molecule has 2 aromatic carbocycles. The van der Waals surface area contributed by atoms with E-state index in [0.29, 0.717) is 25.1 Å². The molecule has 134 valence electrons. The van der Waals surface area contributed by atoms with Crippen molar-refractivity contribution in [3.05, 3.63) is 65.7 Å². The SMILES string of the molecule is CCOc1cccc(C(CN)C2CCCCN2Cc2ccccc2)c1. The van der Waals surface area contributed by atoms with Crippen molar-refractivity contribution in [2.75, 3.05) is 19.7 Å². The van der Waals surface area contributed by atoms with Gasteiger partial charge in [0.15, 0.2) is 0 Å². The molecule has 0 spiro atoms. The molecule has 0 amide bonds. The van der Waals surface area contributed by atoms with Crippen molar-refractivity contribution >= 4 is 0 Å². The second kappa shape index (κ2) is 9.02. The summed E-state index contributed by atoms with van der Waals surface area (Å²) >= 11 is 0. The van der Waals surface area contributed by atoms with Crippen molar-refractivity contribution in [3.8, 4) is 5.75 Å². The van der Waals surface area contributed by atoms with Crippen LogP contribution in [0.5, 0.6) is 5.75 Å². The third-order valence-corrected chi connectivity index (χ3v) is 5.21. The lowest BCUT2D eigenvalue weighted by atomic mass is 9.85. The van der Waals surface area contributed by atoms with E-state index in [1.54, 1.807) is 0 Å². The number of ether oxygens (including phenoxy) is 1. The summed E-state index contributed by atoms with van der Waals surface area (Å²) in [7, 11) is 0. The van der Waals surface area contributed by atoms with E-state index < -0.39 is 0 Å². The standard InChI is InChI=1S/C22H30N2O/c1-2-25-20-12-8-11-19(15-20)21(16-23)22-13-6-7-14-24(22)17-18-9-4-3-5-10-18/h3-5,8-12,15,21-22H,2,6-7,13-14,16-17,23H2,1H3. The molecule has 3 heteroatoms. The highest BCUT2D eigenvalue weighted by Crippen LogP contribution is 2.32. The van der Waals surface area contributed by atoms with Gasteiger partial charge < -0.3 is 10.5 Å². The Hall–Kier alpha value is -1.84. The van der Waals surface area contributed by atoms with Gasteiger partial charge in [-0.05, 0) is 49.6 Å². The number of benzene rings is 2. The summed E-state index contributed by atoms with van der Waals surface area (Å²) in [4.78, 5) is 2.63. The van der Waals surface area contributed by atoms with Gasteiger partial charge in [-0.2, -0.15) is 0 Å². The van der Waals surface area contributed by atoms with Crippen molar-refractivity contribution in [3.63, 3.8) is 0 Å². The van der Waals surface area contributed by atoms with Crippen LogP contribution in [-0.2, 0) is 6.54 Å². The van der Waals surface area contributed by atoms with Crippen LogP contribution in [0.4, 0.5) is 0 Å². The molecule has 2 atom stereocenters. The van der Waals surface area contributed by atoms with Crippen molar-refractivity contribution in [1.29, 1.82) is 0 Å². The summed E-state index contributed by atoms with van der Waals surface area (Å²) in [5.74, 6) is 1.30. The van der Waals surface area contributed by atoms with E-state index in [9.17, 15) is 0 Å². The number of nitrogens with zero attached hydrogens (tertiary/aromatic N) is 1. The highest BCUT2D eigenvalue weighted by Gasteiger charge is 2.30. The zero-order valence-corrected chi connectivity index (χ0v) is 15.2. The van der Waals surface area contributed by atoms with Gasteiger partial charge in [0.2, 0.25) is 0 Å². The summed E-state index contributed by atoms with van der Waals surface area (Å²) in [5.41, 5.74) is 8.93. The van der Waals surface area contributed by atoms with E-state index in [-0.39, 0.29) is 0 Å². The topological polar surface area (TPSA) is 38.5 Å². The first-order valence-corrected chi connectivity index (χ1v) is 9.52. The predicted molar refractivity (Wildman–Crippen MR) is 104 cm³/mol. The maximum Gasteiger partial charge on any atom is 0.119 e.